The Hall–Kier alpha value is -1.22. The molecule has 0 aliphatic rings. The number of primary amides is 1. The van der Waals surface area contributed by atoms with Crippen LogP contribution < -0.4 is 10.5 Å². The number of halogens is 1. The molecule has 76 valence electrons. The fourth-order valence-electron chi connectivity index (χ4n) is 0.834. The Balaban J connectivity index is 2.46. The van der Waals surface area contributed by atoms with Crippen molar-refractivity contribution in [1.82, 2.24) is 0 Å². The van der Waals surface area contributed by atoms with Gasteiger partial charge in [0.25, 0.3) is 0 Å². The molecule has 0 aliphatic carbocycles. The molecule has 1 rings (SSSR count). The van der Waals surface area contributed by atoms with Gasteiger partial charge in [-0.2, -0.15) is 0 Å². The summed E-state index contributed by atoms with van der Waals surface area (Å²) in [7, 11) is 0. The maximum absolute atomic E-state index is 10.7. The number of hydrogen-bond acceptors (Lipinski definition) is 2. The number of carbonyl (C=O) groups is 1. The summed E-state index contributed by atoms with van der Waals surface area (Å²) in [5, 5.41) is 0.653. The molecule has 3 nitrogen and oxygen atoms in total. The fourth-order valence-corrected chi connectivity index (χ4v) is 0.960. The molecule has 1 aromatic carbocycles. The quantitative estimate of drug-likeness (QED) is 0.830. The maximum atomic E-state index is 10.7. The summed E-state index contributed by atoms with van der Waals surface area (Å²) < 4.78 is 5.32. The van der Waals surface area contributed by atoms with Crippen molar-refractivity contribution in [2.24, 2.45) is 11.7 Å². The minimum absolute atomic E-state index is 0.286. The van der Waals surface area contributed by atoms with Crippen LogP contribution >= 0.6 is 11.6 Å². The molecule has 0 saturated carbocycles. The zero-order valence-corrected chi connectivity index (χ0v) is 8.62. The van der Waals surface area contributed by atoms with Gasteiger partial charge in [-0.05, 0) is 24.3 Å². The summed E-state index contributed by atoms with van der Waals surface area (Å²) in [6.45, 7) is 2.01. The Labute approximate surface area is 87.8 Å². The van der Waals surface area contributed by atoms with Gasteiger partial charge in [0.05, 0.1) is 12.5 Å². The summed E-state index contributed by atoms with van der Waals surface area (Å²) >= 11 is 5.70. The molecule has 0 fully saturated rings. The van der Waals surface area contributed by atoms with E-state index in [1.165, 1.54) is 0 Å². The van der Waals surface area contributed by atoms with Crippen molar-refractivity contribution in [3.05, 3.63) is 29.3 Å². The highest BCUT2D eigenvalue weighted by molar-refractivity contribution is 6.30. The Bertz CT molecular complexity index is 310. The van der Waals surface area contributed by atoms with E-state index in [2.05, 4.69) is 0 Å². The van der Waals surface area contributed by atoms with E-state index in [1.54, 1.807) is 31.2 Å². The average molecular weight is 214 g/mol. The smallest absolute Gasteiger partial charge is 0.223 e. The molecule has 1 unspecified atom stereocenters. The van der Waals surface area contributed by atoms with Crippen molar-refractivity contribution < 1.29 is 9.53 Å². The number of rotatable bonds is 4. The summed E-state index contributed by atoms with van der Waals surface area (Å²) in [6.07, 6.45) is 0. The van der Waals surface area contributed by atoms with Crippen LogP contribution in [0.4, 0.5) is 0 Å². The molecule has 1 atom stereocenters. The standard InChI is InChI=1S/C10H12ClNO2/c1-7(10(12)13)6-14-9-4-2-8(11)3-5-9/h2-5,7H,6H2,1H3,(H2,12,13). The fraction of sp³-hybridized carbons (Fsp3) is 0.300. The molecule has 0 bridgehead atoms. The van der Waals surface area contributed by atoms with Crippen LogP contribution in [0.3, 0.4) is 0 Å². The molecular formula is C10H12ClNO2. The second-order valence-corrected chi connectivity index (χ2v) is 3.50. The molecule has 0 spiro atoms. The Morgan fingerprint density at radius 3 is 2.57 bits per heavy atom. The van der Waals surface area contributed by atoms with E-state index >= 15 is 0 Å². The Kier molecular flexibility index (Phi) is 3.77. The van der Waals surface area contributed by atoms with Crippen LogP contribution in [0, 0.1) is 5.92 Å². The molecule has 14 heavy (non-hydrogen) atoms. The highest BCUT2D eigenvalue weighted by atomic mass is 35.5. The van der Waals surface area contributed by atoms with E-state index in [-0.39, 0.29) is 18.4 Å². The Morgan fingerprint density at radius 1 is 1.50 bits per heavy atom. The Morgan fingerprint density at radius 2 is 2.07 bits per heavy atom. The molecule has 0 aromatic heterocycles. The number of hydrogen-bond donors (Lipinski definition) is 1. The van der Waals surface area contributed by atoms with Crippen molar-refractivity contribution in [3.8, 4) is 5.75 Å². The zero-order valence-electron chi connectivity index (χ0n) is 7.87. The first-order valence-corrected chi connectivity index (χ1v) is 4.65. The lowest BCUT2D eigenvalue weighted by molar-refractivity contribution is -0.122. The van der Waals surface area contributed by atoms with Gasteiger partial charge in [-0.3, -0.25) is 4.79 Å². The third-order valence-electron chi connectivity index (χ3n) is 1.80. The molecular weight excluding hydrogens is 202 g/mol. The monoisotopic (exact) mass is 213 g/mol. The van der Waals surface area contributed by atoms with Gasteiger partial charge in [-0.25, -0.2) is 0 Å². The zero-order chi connectivity index (χ0) is 10.6. The van der Waals surface area contributed by atoms with Crippen LogP contribution in [0.2, 0.25) is 5.02 Å². The number of nitrogens with two attached hydrogens (primary N) is 1. The van der Waals surface area contributed by atoms with E-state index < -0.39 is 0 Å². The topological polar surface area (TPSA) is 52.3 Å². The van der Waals surface area contributed by atoms with Crippen molar-refractivity contribution in [2.75, 3.05) is 6.61 Å². The number of amides is 1. The molecule has 0 saturated heterocycles. The van der Waals surface area contributed by atoms with Gasteiger partial charge in [-0.1, -0.05) is 18.5 Å². The lowest BCUT2D eigenvalue weighted by atomic mass is 10.2. The SMILES string of the molecule is CC(COc1ccc(Cl)cc1)C(N)=O. The van der Waals surface area contributed by atoms with Gasteiger partial charge < -0.3 is 10.5 Å². The van der Waals surface area contributed by atoms with E-state index in [0.29, 0.717) is 10.8 Å². The highest BCUT2D eigenvalue weighted by Gasteiger charge is 2.08. The molecule has 0 aliphatic heterocycles. The normalized spacial score (nSPS) is 12.1. The first-order chi connectivity index (χ1) is 6.59. The van der Waals surface area contributed by atoms with Gasteiger partial charge in [0.15, 0.2) is 0 Å². The number of benzene rings is 1. The summed E-state index contributed by atoms with van der Waals surface area (Å²) in [5.74, 6) is 0.0344. The van der Waals surface area contributed by atoms with Crippen LogP contribution in [0.5, 0.6) is 5.75 Å². The van der Waals surface area contributed by atoms with E-state index in [1.807, 2.05) is 0 Å². The van der Waals surface area contributed by atoms with Crippen molar-refractivity contribution in [2.45, 2.75) is 6.92 Å². The lowest BCUT2D eigenvalue weighted by Gasteiger charge is -2.09. The van der Waals surface area contributed by atoms with E-state index in [4.69, 9.17) is 22.1 Å². The molecule has 4 heteroatoms. The molecule has 1 amide bonds. The van der Waals surface area contributed by atoms with E-state index in [0.717, 1.165) is 0 Å². The second-order valence-electron chi connectivity index (χ2n) is 3.07. The predicted molar refractivity (Wildman–Crippen MR) is 55.3 cm³/mol. The first-order valence-electron chi connectivity index (χ1n) is 4.27. The highest BCUT2D eigenvalue weighted by Crippen LogP contribution is 2.15. The van der Waals surface area contributed by atoms with Crippen LogP contribution in [0.25, 0.3) is 0 Å². The van der Waals surface area contributed by atoms with Crippen LogP contribution in [-0.2, 0) is 4.79 Å². The lowest BCUT2D eigenvalue weighted by Crippen LogP contribution is -2.25. The molecule has 1 aromatic rings. The second kappa shape index (κ2) is 4.86. The van der Waals surface area contributed by atoms with E-state index in [9.17, 15) is 4.79 Å². The van der Waals surface area contributed by atoms with Crippen LogP contribution in [-0.4, -0.2) is 12.5 Å². The third kappa shape index (κ3) is 3.26. The molecule has 0 heterocycles. The minimum Gasteiger partial charge on any atom is -0.493 e. The first kappa shape index (κ1) is 10.9. The minimum atomic E-state index is -0.362. The summed E-state index contributed by atoms with van der Waals surface area (Å²) in [5.41, 5.74) is 5.08. The van der Waals surface area contributed by atoms with Gasteiger partial charge in [0.2, 0.25) is 5.91 Å². The van der Waals surface area contributed by atoms with Crippen LogP contribution in [0.15, 0.2) is 24.3 Å². The maximum Gasteiger partial charge on any atom is 0.223 e. The molecule has 2 N–H and O–H groups in total. The van der Waals surface area contributed by atoms with Crippen molar-refractivity contribution in [1.29, 1.82) is 0 Å². The van der Waals surface area contributed by atoms with Crippen LogP contribution in [0.1, 0.15) is 6.92 Å². The van der Waals surface area contributed by atoms with Crippen molar-refractivity contribution in [3.63, 3.8) is 0 Å². The van der Waals surface area contributed by atoms with Crippen molar-refractivity contribution >= 4 is 17.5 Å². The summed E-state index contributed by atoms with van der Waals surface area (Å²) in [6, 6.07) is 6.95. The largest absolute Gasteiger partial charge is 0.493 e. The summed E-state index contributed by atoms with van der Waals surface area (Å²) in [4.78, 5) is 10.7. The van der Waals surface area contributed by atoms with Gasteiger partial charge in [-0.15, -0.1) is 0 Å². The number of carbonyl (C=O) groups excluding carboxylic acids is 1. The van der Waals surface area contributed by atoms with Gasteiger partial charge >= 0.3 is 0 Å². The van der Waals surface area contributed by atoms with Gasteiger partial charge in [0.1, 0.15) is 5.75 Å². The number of ether oxygens (including phenoxy) is 1. The third-order valence-corrected chi connectivity index (χ3v) is 2.05. The molecule has 0 radical (unpaired) electrons. The average Bonchev–Trinajstić information content (AvgIpc) is 2.16. The van der Waals surface area contributed by atoms with Gasteiger partial charge in [0, 0.05) is 5.02 Å². The predicted octanol–water partition coefficient (Wildman–Crippen LogP) is 1.84.